The highest BCUT2D eigenvalue weighted by atomic mass is 35.5. The van der Waals surface area contributed by atoms with Gasteiger partial charge in [0.25, 0.3) is 0 Å². The summed E-state index contributed by atoms with van der Waals surface area (Å²) in [5.41, 5.74) is 2.21. The number of allylic oxidation sites excluding steroid dienone is 1. The smallest absolute Gasteiger partial charge is 0.179 e. The predicted molar refractivity (Wildman–Crippen MR) is 111 cm³/mol. The lowest BCUT2D eigenvalue weighted by Crippen LogP contribution is -1.99. The monoisotopic (exact) mass is 377 g/mol. The zero-order valence-corrected chi connectivity index (χ0v) is 16.1. The molecular weight excluding hydrogens is 358 g/mol. The van der Waals surface area contributed by atoms with Gasteiger partial charge in [0.1, 0.15) is 0 Å². The van der Waals surface area contributed by atoms with Crippen LogP contribution in [0.1, 0.15) is 25.0 Å². The molecule has 136 valence electrons. The normalized spacial score (nSPS) is 11.3. The lowest BCUT2D eigenvalue weighted by molar-refractivity contribution is 0.288. The molecule has 0 spiro atoms. The van der Waals surface area contributed by atoms with E-state index in [-0.39, 0.29) is 0 Å². The number of hydrogen-bond acceptors (Lipinski definition) is 3. The van der Waals surface area contributed by atoms with E-state index in [1.807, 2.05) is 62.4 Å². The van der Waals surface area contributed by atoms with Crippen molar-refractivity contribution in [3.63, 3.8) is 0 Å². The summed E-state index contributed by atoms with van der Waals surface area (Å²) < 4.78 is 11.3. The van der Waals surface area contributed by atoms with Crippen molar-refractivity contribution < 1.29 is 9.47 Å². The summed E-state index contributed by atoms with van der Waals surface area (Å²) in [6, 6.07) is 20.0. The Balaban J connectivity index is 2.05. The molecule has 3 aromatic rings. The van der Waals surface area contributed by atoms with Crippen molar-refractivity contribution in [2.75, 3.05) is 13.2 Å². The number of fused-ring (bicyclic) bond motifs is 1. The van der Waals surface area contributed by atoms with Gasteiger partial charge in [0.2, 0.25) is 0 Å². The van der Waals surface area contributed by atoms with Gasteiger partial charge >= 0.3 is 0 Å². The molecule has 0 amide bonds. The fourth-order valence-electron chi connectivity index (χ4n) is 2.92. The van der Waals surface area contributed by atoms with E-state index in [0.29, 0.717) is 35.3 Å². The number of benzene rings is 3. The van der Waals surface area contributed by atoms with Crippen LogP contribution in [-0.2, 0) is 0 Å². The van der Waals surface area contributed by atoms with Crippen LogP contribution in [-0.4, -0.2) is 13.2 Å². The number of hydrogen-bond donors (Lipinski definition) is 0. The van der Waals surface area contributed by atoms with Gasteiger partial charge in [0, 0.05) is 0 Å². The van der Waals surface area contributed by atoms with Crippen molar-refractivity contribution in [1.29, 1.82) is 5.26 Å². The van der Waals surface area contributed by atoms with Gasteiger partial charge in [0.15, 0.2) is 11.5 Å². The fourth-order valence-corrected chi connectivity index (χ4v) is 3.20. The molecule has 0 aromatic heterocycles. The first-order valence-corrected chi connectivity index (χ1v) is 9.24. The van der Waals surface area contributed by atoms with Crippen molar-refractivity contribution in [3.05, 3.63) is 70.7 Å². The molecule has 0 aliphatic rings. The topological polar surface area (TPSA) is 42.2 Å². The van der Waals surface area contributed by atoms with Crippen LogP contribution >= 0.6 is 11.6 Å². The Morgan fingerprint density at radius 3 is 2.44 bits per heavy atom. The van der Waals surface area contributed by atoms with E-state index in [1.54, 1.807) is 6.07 Å². The Hall–Kier alpha value is -2.96. The van der Waals surface area contributed by atoms with E-state index in [4.69, 9.17) is 21.1 Å². The van der Waals surface area contributed by atoms with Gasteiger partial charge in [-0.05, 0) is 60.0 Å². The van der Waals surface area contributed by atoms with Crippen LogP contribution in [0.25, 0.3) is 22.4 Å². The average Bonchev–Trinajstić information content (AvgIpc) is 2.68. The largest absolute Gasteiger partial charge is 0.490 e. The molecule has 3 aromatic carbocycles. The second-order valence-electron chi connectivity index (χ2n) is 5.93. The van der Waals surface area contributed by atoms with Gasteiger partial charge in [-0.1, -0.05) is 48.0 Å². The Morgan fingerprint density at radius 2 is 1.74 bits per heavy atom. The van der Waals surface area contributed by atoms with Gasteiger partial charge < -0.3 is 9.47 Å². The SMILES string of the molecule is CCOc1cc(C=C(C#N)c2ccc3ccccc3c2)cc(Cl)c1OCC. The van der Waals surface area contributed by atoms with E-state index in [2.05, 4.69) is 12.1 Å². The van der Waals surface area contributed by atoms with Crippen LogP contribution in [0, 0.1) is 11.3 Å². The van der Waals surface area contributed by atoms with Gasteiger partial charge in [-0.2, -0.15) is 5.26 Å². The van der Waals surface area contributed by atoms with Crippen molar-refractivity contribution >= 4 is 34.0 Å². The van der Waals surface area contributed by atoms with Gasteiger partial charge in [-0.15, -0.1) is 0 Å². The Labute approximate surface area is 164 Å². The molecule has 0 fully saturated rings. The number of rotatable bonds is 6. The number of nitriles is 1. The summed E-state index contributed by atoms with van der Waals surface area (Å²) in [5.74, 6) is 1.11. The molecule has 3 nitrogen and oxygen atoms in total. The lowest BCUT2D eigenvalue weighted by Gasteiger charge is -2.13. The van der Waals surface area contributed by atoms with Crippen LogP contribution in [0.2, 0.25) is 5.02 Å². The minimum Gasteiger partial charge on any atom is -0.490 e. The zero-order chi connectivity index (χ0) is 19.2. The third kappa shape index (κ3) is 4.24. The molecule has 0 atom stereocenters. The van der Waals surface area contributed by atoms with E-state index >= 15 is 0 Å². The lowest BCUT2D eigenvalue weighted by atomic mass is 10.00. The molecule has 0 radical (unpaired) electrons. The first kappa shape index (κ1) is 18.8. The van der Waals surface area contributed by atoms with Gasteiger partial charge in [0.05, 0.1) is 29.9 Å². The summed E-state index contributed by atoms with van der Waals surface area (Å²) in [7, 11) is 0. The Bertz CT molecular complexity index is 1030. The summed E-state index contributed by atoms with van der Waals surface area (Å²) in [4.78, 5) is 0. The third-order valence-electron chi connectivity index (χ3n) is 4.11. The van der Waals surface area contributed by atoms with Crippen LogP contribution in [0.15, 0.2) is 54.6 Å². The maximum Gasteiger partial charge on any atom is 0.179 e. The summed E-state index contributed by atoms with van der Waals surface area (Å²) in [6.45, 7) is 4.80. The second kappa shape index (κ2) is 8.62. The zero-order valence-electron chi connectivity index (χ0n) is 15.3. The van der Waals surface area contributed by atoms with Crippen LogP contribution in [0.5, 0.6) is 11.5 Å². The molecule has 0 heterocycles. The maximum absolute atomic E-state index is 9.69. The summed E-state index contributed by atoms with van der Waals surface area (Å²) in [5, 5.41) is 12.4. The highest BCUT2D eigenvalue weighted by Gasteiger charge is 2.12. The van der Waals surface area contributed by atoms with Crippen molar-refractivity contribution in [2.24, 2.45) is 0 Å². The Kier molecular flexibility index (Phi) is 6.01. The second-order valence-corrected chi connectivity index (χ2v) is 6.33. The Morgan fingerprint density at radius 1 is 1.00 bits per heavy atom. The highest BCUT2D eigenvalue weighted by Crippen LogP contribution is 2.37. The first-order chi connectivity index (χ1) is 13.2. The third-order valence-corrected chi connectivity index (χ3v) is 4.39. The summed E-state index contributed by atoms with van der Waals surface area (Å²) in [6.07, 6.45) is 1.81. The van der Waals surface area contributed by atoms with E-state index < -0.39 is 0 Å². The van der Waals surface area contributed by atoms with Crippen LogP contribution in [0.3, 0.4) is 0 Å². The van der Waals surface area contributed by atoms with Crippen molar-refractivity contribution in [3.8, 4) is 17.6 Å². The number of nitrogens with zero attached hydrogens (tertiary/aromatic N) is 1. The van der Waals surface area contributed by atoms with Crippen molar-refractivity contribution in [1.82, 2.24) is 0 Å². The molecule has 27 heavy (non-hydrogen) atoms. The predicted octanol–water partition coefficient (Wildman–Crippen LogP) is 6.35. The van der Waals surface area contributed by atoms with E-state index in [0.717, 1.165) is 21.9 Å². The molecule has 0 aliphatic carbocycles. The van der Waals surface area contributed by atoms with Gasteiger partial charge in [-0.3, -0.25) is 0 Å². The summed E-state index contributed by atoms with van der Waals surface area (Å²) >= 11 is 6.38. The van der Waals surface area contributed by atoms with Crippen LogP contribution in [0.4, 0.5) is 0 Å². The molecule has 0 saturated heterocycles. The maximum atomic E-state index is 9.69. The average molecular weight is 378 g/mol. The number of halogens is 1. The molecule has 0 bridgehead atoms. The van der Waals surface area contributed by atoms with E-state index in [1.165, 1.54) is 0 Å². The first-order valence-electron chi connectivity index (χ1n) is 8.86. The molecular formula is C23H20ClNO2. The number of ether oxygens (including phenoxy) is 2. The minimum absolute atomic E-state index is 0.463. The molecule has 0 aliphatic heterocycles. The van der Waals surface area contributed by atoms with Crippen molar-refractivity contribution in [2.45, 2.75) is 13.8 Å². The van der Waals surface area contributed by atoms with Crippen LogP contribution < -0.4 is 9.47 Å². The molecule has 0 saturated carbocycles. The molecule has 0 unspecified atom stereocenters. The molecule has 3 rings (SSSR count). The van der Waals surface area contributed by atoms with E-state index in [9.17, 15) is 5.26 Å². The minimum atomic E-state index is 0.463. The molecule has 0 N–H and O–H groups in total. The fraction of sp³-hybridized carbons (Fsp3) is 0.174. The van der Waals surface area contributed by atoms with Gasteiger partial charge in [-0.25, -0.2) is 0 Å². The standard InChI is InChI=1S/C23H20ClNO2/c1-3-26-22-13-16(12-21(24)23(22)27-4-2)11-20(15-25)19-10-9-17-7-5-6-8-18(17)14-19/h5-14H,3-4H2,1-2H3. The molecule has 4 heteroatoms. The highest BCUT2D eigenvalue weighted by molar-refractivity contribution is 6.32. The quantitative estimate of drug-likeness (QED) is 0.371.